The molecule has 1 rings (SSSR count). The highest BCUT2D eigenvalue weighted by atomic mass is 16.5. The second-order valence-corrected chi connectivity index (χ2v) is 5.19. The Hall–Kier alpha value is -0.610. The number of nitrogens with one attached hydrogen (secondary N) is 1. The van der Waals surface area contributed by atoms with Gasteiger partial charge in [0.05, 0.1) is 0 Å². The first-order valence-electron chi connectivity index (χ1n) is 7.24. The molecule has 4 heteroatoms. The summed E-state index contributed by atoms with van der Waals surface area (Å²) < 4.78 is 5.57. The normalized spacial score (nSPS) is 18.9. The fourth-order valence-corrected chi connectivity index (χ4v) is 2.38. The molecule has 1 N–H and O–H groups in total. The molecular formula is C14H28N2O2. The number of ether oxygens (including phenoxy) is 1. The second kappa shape index (κ2) is 8.48. The predicted molar refractivity (Wildman–Crippen MR) is 73.6 cm³/mol. The molecule has 0 aliphatic carbocycles. The monoisotopic (exact) mass is 256 g/mol. The quantitative estimate of drug-likeness (QED) is 0.704. The summed E-state index contributed by atoms with van der Waals surface area (Å²) >= 11 is 0. The van der Waals surface area contributed by atoms with Crippen LogP contribution < -0.4 is 5.32 Å². The van der Waals surface area contributed by atoms with Crippen molar-refractivity contribution in [3.63, 3.8) is 0 Å². The molecule has 0 bridgehead atoms. The molecule has 1 aliphatic rings. The van der Waals surface area contributed by atoms with Crippen molar-refractivity contribution in [3.05, 3.63) is 0 Å². The minimum Gasteiger partial charge on any atom is -0.369 e. The first-order valence-corrected chi connectivity index (χ1v) is 7.24. The molecule has 1 amide bonds. The van der Waals surface area contributed by atoms with Crippen molar-refractivity contribution in [3.8, 4) is 0 Å². The second-order valence-electron chi connectivity index (χ2n) is 5.19. The van der Waals surface area contributed by atoms with E-state index in [-0.39, 0.29) is 12.0 Å². The number of nitrogens with zero attached hydrogens (tertiary/aromatic N) is 1. The number of piperidine rings is 1. The Morgan fingerprint density at radius 1 is 1.44 bits per heavy atom. The average molecular weight is 256 g/mol. The minimum absolute atomic E-state index is 0.161. The van der Waals surface area contributed by atoms with Crippen LogP contribution >= 0.6 is 0 Å². The fraction of sp³-hybridized carbons (Fsp3) is 0.929. The molecule has 0 saturated carbocycles. The summed E-state index contributed by atoms with van der Waals surface area (Å²) in [7, 11) is 1.99. The average Bonchev–Trinajstić information content (AvgIpc) is 2.39. The van der Waals surface area contributed by atoms with Crippen LogP contribution in [0.2, 0.25) is 0 Å². The van der Waals surface area contributed by atoms with Crippen LogP contribution in [0.15, 0.2) is 0 Å². The van der Waals surface area contributed by atoms with Crippen LogP contribution in [0.1, 0.15) is 39.5 Å². The SMILES string of the molecule is CCCCOC(C)C(=O)N1CCC(CNC)CC1. The third kappa shape index (κ3) is 4.94. The zero-order valence-corrected chi connectivity index (χ0v) is 12.1. The van der Waals surface area contributed by atoms with Gasteiger partial charge in [-0.15, -0.1) is 0 Å². The summed E-state index contributed by atoms with van der Waals surface area (Å²) in [6.45, 7) is 7.52. The fourth-order valence-electron chi connectivity index (χ4n) is 2.38. The molecule has 106 valence electrons. The van der Waals surface area contributed by atoms with Crippen LogP contribution in [-0.4, -0.2) is 50.2 Å². The molecule has 1 heterocycles. The van der Waals surface area contributed by atoms with E-state index in [0.717, 1.165) is 51.2 Å². The number of rotatable bonds is 7. The van der Waals surface area contributed by atoms with E-state index < -0.39 is 0 Å². The summed E-state index contributed by atoms with van der Waals surface area (Å²) in [5.74, 6) is 0.879. The highest BCUT2D eigenvalue weighted by Crippen LogP contribution is 2.17. The van der Waals surface area contributed by atoms with Crippen LogP contribution in [0.25, 0.3) is 0 Å². The van der Waals surface area contributed by atoms with Crippen molar-refractivity contribution in [2.45, 2.75) is 45.6 Å². The smallest absolute Gasteiger partial charge is 0.251 e. The lowest BCUT2D eigenvalue weighted by molar-refractivity contribution is -0.144. The standard InChI is InChI=1S/C14H28N2O2/c1-4-5-10-18-12(2)14(17)16-8-6-13(7-9-16)11-15-3/h12-13,15H,4-11H2,1-3H3. The van der Waals surface area contributed by atoms with Gasteiger partial charge in [0.2, 0.25) is 0 Å². The Balaban J connectivity index is 2.26. The Morgan fingerprint density at radius 2 is 2.11 bits per heavy atom. The lowest BCUT2D eigenvalue weighted by Gasteiger charge is -2.33. The molecule has 1 unspecified atom stereocenters. The van der Waals surface area contributed by atoms with Crippen molar-refractivity contribution in [2.24, 2.45) is 5.92 Å². The molecule has 0 aromatic carbocycles. The molecule has 1 atom stereocenters. The Labute approximate surface area is 111 Å². The van der Waals surface area contributed by atoms with Crippen molar-refractivity contribution < 1.29 is 9.53 Å². The van der Waals surface area contributed by atoms with E-state index in [2.05, 4.69) is 12.2 Å². The predicted octanol–water partition coefficient (Wildman–Crippen LogP) is 1.65. The van der Waals surface area contributed by atoms with Crippen molar-refractivity contribution in [2.75, 3.05) is 33.3 Å². The van der Waals surface area contributed by atoms with E-state index in [0.29, 0.717) is 6.61 Å². The Kier molecular flexibility index (Phi) is 7.28. The highest BCUT2D eigenvalue weighted by molar-refractivity contribution is 5.80. The van der Waals surface area contributed by atoms with Gasteiger partial charge in [-0.2, -0.15) is 0 Å². The Bertz CT molecular complexity index is 238. The van der Waals surface area contributed by atoms with Crippen molar-refractivity contribution in [1.29, 1.82) is 0 Å². The molecule has 0 aromatic rings. The lowest BCUT2D eigenvalue weighted by Crippen LogP contribution is -2.45. The van der Waals surface area contributed by atoms with Gasteiger partial charge in [-0.25, -0.2) is 0 Å². The van der Waals surface area contributed by atoms with Gasteiger partial charge in [0, 0.05) is 19.7 Å². The van der Waals surface area contributed by atoms with Crippen molar-refractivity contribution >= 4 is 5.91 Å². The molecule has 0 aromatic heterocycles. The van der Waals surface area contributed by atoms with Gasteiger partial charge >= 0.3 is 0 Å². The molecule has 0 spiro atoms. The molecular weight excluding hydrogens is 228 g/mol. The largest absolute Gasteiger partial charge is 0.369 e. The molecule has 0 radical (unpaired) electrons. The maximum absolute atomic E-state index is 12.1. The van der Waals surface area contributed by atoms with E-state index >= 15 is 0 Å². The lowest BCUT2D eigenvalue weighted by atomic mass is 9.96. The van der Waals surface area contributed by atoms with Crippen LogP contribution in [0, 0.1) is 5.92 Å². The number of amides is 1. The number of hydrogen-bond donors (Lipinski definition) is 1. The number of hydrogen-bond acceptors (Lipinski definition) is 3. The maximum atomic E-state index is 12.1. The topological polar surface area (TPSA) is 41.6 Å². The van der Waals surface area contributed by atoms with E-state index in [1.807, 2.05) is 18.9 Å². The van der Waals surface area contributed by atoms with E-state index in [1.165, 1.54) is 0 Å². The van der Waals surface area contributed by atoms with Gasteiger partial charge in [-0.05, 0) is 45.7 Å². The van der Waals surface area contributed by atoms with Gasteiger partial charge in [-0.1, -0.05) is 13.3 Å². The van der Waals surface area contributed by atoms with Crippen LogP contribution in [0.4, 0.5) is 0 Å². The summed E-state index contributed by atoms with van der Waals surface area (Å²) in [6, 6.07) is 0. The number of carbonyl (C=O) groups is 1. The molecule has 1 aliphatic heterocycles. The summed E-state index contributed by atoms with van der Waals surface area (Å²) in [4.78, 5) is 14.1. The molecule has 1 fully saturated rings. The van der Waals surface area contributed by atoms with E-state index in [1.54, 1.807) is 0 Å². The molecule has 4 nitrogen and oxygen atoms in total. The number of unbranched alkanes of at least 4 members (excludes halogenated alkanes) is 1. The first kappa shape index (κ1) is 15.4. The van der Waals surface area contributed by atoms with Gasteiger partial charge in [-0.3, -0.25) is 4.79 Å². The zero-order chi connectivity index (χ0) is 13.4. The van der Waals surface area contributed by atoms with Gasteiger partial charge in [0.15, 0.2) is 0 Å². The molecule has 18 heavy (non-hydrogen) atoms. The minimum atomic E-state index is -0.280. The van der Waals surface area contributed by atoms with Gasteiger partial charge in [0.1, 0.15) is 6.10 Å². The van der Waals surface area contributed by atoms with Crippen molar-refractivity contribution in [1.82, 2.24) is 10.2 Å². The van der Waals surface area contributed by atoms with Gasteiger partial charge < -0.3 is 15.0 Å². The number of carbonyl (C=O) groups excluding carboxylic acids is 1. The van der Waals surface area contributed by atoms with Crippen LogP contribution in [0.3, 0.4) is 0 Å². The summed E-state index contributed by atoms with van der Waals surface area (Å²) in [5, 5.41) is 3.21. The van der Waals surface area contributed by atoms with E-state index in [9.17, 15) is 4.79 Å². The highest BCUT2D eigenvalue weighted by Gasteiger charge is 2.25. The van der Waals surface area contributed by atoms with E-state index in [4.69, 9.17) is 4.74 Å². The Morgan fingerprint density at radius 3 is 2.67 bits per heavy atom. The van der Waals surface area contributed by atoms with Gasteiger partial charge in [0.25, 0.3) is 5.91 Å². The molecule has 1 saturated heterocycles. The van der Waals surface area contributed by atoms with Crippen LogP contribution in [-0.2, 0) is 9.53 Å². The third-order valence-corrected chi connectivity index (χ3v) is 3.63. The summed E-state index contributed by atoms with van der Waals surface area (Å²) in [5.41, 5.74) is 0. The first-order chi connectivity index (χ1) is 8.69. The third-order valence-electron chi connectivity index (χ3n) is 3.63. The number of likely N-dealkylation sites (tertiary alicyclic amines) is 1. The van der Waals surface area contributed by atoms with Crippen LogP contribution in [0.5, 0.6) is 0 Å². The summed E-state index contributed by atoms with van der Waals surface area (Å²) in [6.07, 6.45) is 4.07. The zero-order valence-electron chi connectivity index (χ0n) is 12.1. The maximum Gasteiger partial charge on any atom is 0.251 e.